The minimum Gasteiger partial charge on any atom is -0.373 e. The quantitative estimate of drug-likeness (QED) is 0.876. The van der Waals surface area contributed by atoms with E-state index in [0.29, 0.717) is 6.04 Å². The third kappa shape index (κ3) is 2.80. The molecule has 0 saturated carbocycles. The van der Waals surface area contributed by atoms with Gasteiger partial charge in [-0.05, 0) is 44.5 Å². The molecule has 0 bridgehead atoms. The van der Waals surface area contributed by atoms with E-state index in [0.717, 1.165) is 18.7 Å². The summed E-state index contributed by atoms with van der Waals surface area (Å²) in [4.78, 5) is 14.7. The van der Waals surface area contributed by atoms with E-state index in [1.165, 1.54) is 31.5 Å². The second-order valence-corrected chi connectivity index (χ2v) is 5.90. The van der Waals surface area contributed by atoms with E-state index in [2.05, 4.69) is 28.5 Å². The van der Waals surface area contributed by atoms with Gasteiger partial charge < -0.3 is 10.6 Å². The topological polar surface area (TPSA) is 44.4 Å². The molecule has 2 atom stereocenters. The third-order valence-electron chi connectivity index (χ3n) is 4.42. The molecule has 2 aliphatic heterocycles. The highest BCUT2D eigenvalue weighted by molar-refractivity contribution is 5.87. The fourth-order valence-corrected chi connectivity index (χ4v) is 3.14. The van der Waals surface area contributed by atoms with Crippen LogP contribution in [0.15, 0.2) is 24.3 Å². The summed E-state index contributed by atoms with van der Waals surface area (Å²) in [6, 6.07) is 8.47. The lowest BCUT2D eigenvalue weighted by atomic mass is 10.1. The molecule has 20 heavy (non-hydrogen) atoms. The van der Waals surface area contributed by atoms with Crippen LogP contribution in [0.2, 0.25) is 0 Å². The predicted molar refractivity (Wildman–Crippen MR) is 80.8 cm³/mol. The summed E-state index contributed by atoms with van der Waals surface area (Å²) in [5.74, 6) is 0.118. The van der Waals surface area contributed by atoms with Crippen molar-refractivity contribution >= 4 is 11.6 Å². The van der Waals surface area contributed by atoms with Gasteiger partial charge >= 0.3 is 0 Å². The maximum Gasteiger partial charge on any atom is 0.242 e. The molecule has 0 spiro atoms. The van der Waals surface area contributed by atoms with Crippen molar-refractivity contribution in [2.24, 2.45) is 0 Å². The van der Waals surface area contributed by atoms with Crippen molar-refractivity contribution in [1.82, 2.24) is 10.2 Å². The average Bonchev–Trinajstić information content (AvgIpc) is 3.12. The fraction of sp³-hybridized carbons (Fsp3) is 0.562. The number of amides is 1. The number of rotatable bonds is 4. The number of nitrogens with zero attached hydrogens (tertiary/aromatic N) is 1. The van der Waals surface area contributed by atoms with Crippen LogP contribution in [-0.2, 0) is 11.2 Å². The van der Waals surface area contributed by atoms with Gasteiger partial charge in [-0.25, -0.2) is 0 Å². The summed E-state index contributed by atoms with van der Waals surface area (Å²) in [6.07, 6.45) is 3.37. The SMILES string of the molecule is CC(CNC(=O)C1Cc2ccccc2N1)N1CCCC1. The lowest BCUT2D eigenvalue weighted by Crippen LogP contribution is -2.45. The van der Waals surface area contributed by atoms with E-state index in [1.54, 1.807) is 0 Å². The number of hydrogen-bond donors (Lipinski definition) is 2. The van der Waals surface area contributed by atoms with E-state index in [-0.39, 0.29) is 11.9 Å². The zero-order valence-corrected chi connectivity index (χ0v) is 12.1. The molecule has 1 aromatic carbocycles. The Kier molecular flexibility index (Phi) is 3.92. The lowest BCUT2D eigenvalue weighted by molar-refractivity contribution is -0.121. The Morgan fingerprint density at radius 1 is 1.40 bits per heavy atom. The van der Waals surface area contributed by atoms with Crippen molar-refractivity contribution in [1.29, 1.82) is 0 Å². The van der Waals surface area contributed by atoms with Crippen LogP contribution in [0.25, 0.3) is 0 Å². The second kappa shape index (κ2) is 5.83. The van der Waals surface area contributed by atoms with E-state index < -0.39 is 0 Å². The first-order chi connectivity index (χ1) is 9.74. The molecule has 2 heterocycles. The van der Waals surface area contributed by atoms with Gasteiger partial charge in [0, 0.05) is 24.7 Å². The molecule has 4 nitrogen and oxygen atoms in total. The Hall–Kier alpha value is -1.55. The van der Waals surface area contributed by atoms with Crippen LogP contribution in [0.4, 0.5) is 5.69 Å². The number of nitrogens with one attached hydrogen (secondary N) is 2. The largest absolute Gasteiger partial charge is 0.373 e. The first kappa shape index (κ1) is 13.4. The van der Waals surface area contributed by atoms with Gasteiger partial charge in [0.1, 0.15) is 6.04 Å². The van der Waals surface area contributed by atoms with Crippen LogP contribution in [0.3, 0.4) is 0 Å². The van der Waals surface area contributed by atoms with Crippen LogP contribution in [0, 0.1) is 0 Å². The predicted octanol–water partition coefficient (Wildman–Crippen LogP) is 1.62. The zero-order chi connectivity index (χ0) is 13.9. The molecule has 0 radical (unpaired) electrons. The number of carbonyl (C=O) groups excluding carboxylic acids is 1. The Morgan fingerprint density at radius 3 is 2.90 bits per heavy atom. The molecule has 2 aliphatic rings. The third-order valence-corrected chi connectivity index (χ3v) is 4.42. The minimum absolute atomic E-state index is 0.113. The number of likely N-dealkylation sites (tertiary alicyclic amines) is 1. The molecule has 3 rings (SSSR count). The summed E-state index contributed by atoms with van der Waals surface area (Å²) < 4.78 is 0. The Morgan fingerprint density at radius 2 is 2.15 bits per heavy atom. The van der Waals surface area contributed by atoms with Crippen LogP contribution in [-0.4, -0.2) is 42.5 Å². The first-order valence-corrected chi connectivity index (χ1v) is 7.60. The molecular weight excluding hydrogens is 250 g/mol. The molecule has 1 amide bonds. The van der Waals surface area contributed by atoms with E-state index in [1.807, 2.05) is 18.2 Å². The number of anilines is 1. The van der Waals surface area contributed by atoms with Crippen molar-refractivity contribution in [2.75, 3.05) is 25.0 Å². The van der Waals surface area contributed by atoms with Gasteiger partial charge in [-0.2, -0.15) is 0 Å². The van der Waals surface area contributed by atoms with Crippen LogP contribution < -0.4 is 10.6 Å². The monoisotopic (exact) mass is 273 g/mol. The highest BCUT2D eigenvalue weighted by Gasteiger charge is 2.27. The van der Waals surface area contributed by atoms with Crippen LogP contribution in [0.1, 0.15) is 25.3 Å². The normalized spacial score (nSPS) is 23.1. The molecule has 0 aliphatic carbocycles. The summed E-state index contributed by atoms with van der Waals surface area (Å²) >= 11 is 0. The molecule has 1 aromatic rings. The van der Waals surface area contributed by atoms with Gasteiger partial charge in [0.25, 0.3) is 0 Å². The standard InChI is InChI=1S/C16H23N3O/c1-12(19-8-4-5-9-19)11-17-16(20)15-10-13-6-2-3-7-14(13)18-15/h2-3,6-7,12,15,18H,4-5,8-11H2,1H3,(H,17,20). The Labute approximate surface area is 120 Å². The van der Waals surface area contributed by atoms with Crippen molar-refractivity contribution in [2.45, 2.75) is 38.3 Å². The van der Waals surface area contributed by atoms with Crippen molar-refractivity contribution < 1.29 is 4.79 Å². The molecule has 108 valence electrons. The minimum atomic E-state index is -0.113. The van der Waals surface area contributed by atoms with Crippen molar-refractivity contribution in [3.8, 4) is 0 Å². The number of para-hydroxylation sites is 1. The summed E-state index contributed by atoms with van der Waals surface area (Å²) in [5, 5.41) is 6.39. The van der Waals surface area contributed by atoms with E-state index >= 15 is 0 Å². The highest BCUT2D eigenvalue weighted by Crippen LogP contribution is 2.25. The maximum atomic E-state index is 12.2. The lowest BCUT2D eigenvalue weighted by Gasteiger charge is -2.24. The van der Waals surface area contributed by atoms with Gasteiger partial charge in [0.15, 0.2) is 0 Å². The second-order valence-electron chi connectivity index (χ2n) is 5.90. The smallest absolute Gasteiger partial charge is 0.242 e. The van der Waals surface area contributed by atoms with Crippen molar-refractivity contribution in [3.05, 3.63) is 29.8 Å². The Balaban J connectivity index is 1.48. The molecule has 2 unspecified atom stereocenters. The number of hydrogen-bond acceptors (Lipinski definition) is 3. The summed E-state index contributed by atoms with van der Waals surface area (Å²) in [6.45, 7) is 5.28. The van der Waals surface area contributed by atoms with Gasteiger partial charge in [-0.1, -0.05) is 18.2 Å². The molecule has 2 N–H and O–H groups in total. The molecule has 0 aromatic heterocycles. The fourth-order valence-electron chi connectivity index (χ4n) is 3.14. The zero-order valence-electron chi connectivity index (χ0n) is 12.1. The van der Waals surface area contributed by atoms with E-state index in [4.69, 9.17) is 0 Å². The number of fused-ring (bicyclic) bond motifs is 1. The molecular formula is C16H23N3O. The molecule has 1 fully saturated rings. The van der Waals surface area contributed by atoms with Crippen LogP contribution in [0.5, 0.6) is 0 Å². The molecule has 4 heteroatoms. The Bertz CT molecular complexity index is 457. The maximum absolute atomic E-state index is 12.2. The van der Waals surface area contributed by atoms with Gasteiger partial charge in [0.05, 0.1) is 0 Å². The highest BCUT2D eigenvalue weighted by atomic mass is 16.2. The van der Waals surface area contributed by atoms with Crippen molar-refractivity contribution in [3.63, 3.8) is 0 Å². The van der Waals surface area contributed by atoms with E-state index in [9.17, 15) is 4.79 Å². The first-order valence-electron chi connectivity index (χ1n) is 7.60. The number of carbonyl (C=O) groups is 1. The van der Waals surface area contributed by atoms with Gasteiger partial charge in [-0.3, -0.25) is 9.69 Å². The molecule has 1 saturated heterocycles. The summed E-state index contributed by atoms with van der Waals surface area (Å²) in [5.41, 5.74) is 2.33. The van der Waals surface area contributed by atoms with Gasteiger partial charge in [0.2, 0.25) is 5.91 Å². The van der Waals surface area contributed by atoms with Crippen LogP contribution >= 0.6 is 0 Å². The van der Waals surface area contributed by atoms with Gasteiger partial charge in [-0.15, -0.1) is 0 Å². The average molecular weight is 273 g/mol. The number of benzene rings is 1. The summed E-state index contributed by atoms with van der Waals surface area (Å²) in [7, 11) is 0.